The molecule has 0 amide bonds. The lowest BCUT2D eigenvalue weighted by molar-refractivity contribution is 0.600. The smallest absolute Gasteiger partial charge is 0.144 e. The largest absolute Gasteiger partial charge is 0.456 e. The number of anilines is 3. The second-order valence-electron chi connectivity index (χ2n) is 31.4. The molecule has 22 rings (SSSR count). The summed E-state index contributed by atoms with van der Waals surface area (Å²) in [5.41, 5.74) is 37.3. The lowest BCUT2D eigenvalue weighted by atomic mass is 9.72. The molecular formula is C93H67NO4. The maximum absolute atomic E-state index is 7.14. The Morgan fingerprint density at radius 1 is 0.235 bits per heavy atom. The monoisotopic (exact) mass is 1260 g/mol. The molecule has 98 heavy (non-hydrogen) atoms. The van der Waals surface area contributed by atoms with Crippen molar-refractivity contribution in [2.45, 2.75) is 96.3 Å². The minimum absolute atomic E-state index is 0.226. The molecule has 0 saturated carbocycles. The molecule has 0 fully saturated rings. The van der Waals surface area contributed by atoms with Gasteiger partial charge in [0.25, 0.3) is 0 Å². The van der Waals surface area contributed by atoms with Crippen LogP contribution in [0.2, 0.25) is 0 Å². The Morgan fingerprint density at radius 2 is 0.663 bits per heavy atom. The van der Waals surface area contributed by atoms with Gasteiger partial charge in [0, 0.05) is 98.4 Å². The van der Waals surface area contributed by atoms with E-state index in [0.717, 1.165) is 99.8 Å². The first-order valence-corrected chi connectivity index (χ1v) is 34.8. The summed E-state index contributed by atoms with van der Waals surface area (Å²) in [5, 5.41) is 9.21. The molecule has 17 aromatic rings. The average molecular weight is 1260 g/mol. The van der Waals surface area contributed by atoms with Gasteiger partial charge in [-0.05, 0) is 208 Å². The van der Waals surface area contributed by atoms with Gasteiger partial charge in [-0.2, -0.15) is 0 Å². The summed E-state index contributed by atoms with van der Waals surface area (Å²) >= 11 is 0. The van der Waals surface area contributed by atoms with Crippen LogP contribution in [-0.4, -0.2) is 0 Å². The molecule has 13 aromatic carbocycles. The summed E-state index contributed by atoms with van der Waals surface area (Å²) in [6.07, 6.45) is 0. The highest BCUT2D eigenvalue weighted by atomic mass is 16.3. The Hall–Kier alpha value is -11.1. The molecule has 0 aliphatic heterocycles. The van der Waals surface area contributed by atoms with E-state index in [2.05, 4.69) is 293 Å². The Morgan fingerprint density at radius 3 is 1.36 bits per heavy atom. The minimum Gasteiger partial charge on any atom is -0.456 e. The zero-order chi connectivity index (χ0) is 65.7. The van der Waals surface area contributed by atoms with Gasteiger partial charge in [0.05, 0.1) is 0 Å². The molecule has 4 aromatic heterocycles. The lowest BCUT2D eigenvalue weighted by Gasteiger charge is -2.32. The van der Waals surface area contributed by atoms with Crippen LogP contribution in [0, 0.1) is 0 Å². The van der Waals surface area contributed by atoms with Gasteiger partial charge in [-0.25, -0.2) is 0 Å². The lowest BCUT2D eigenvalue weighted by Crippen LogP contribution is -2.24. The second-order valence-corrected chi connectivity index (χ2v) is 31.4. The molecule has 0 saturated heterocycles. The van der Waals surface area contributed by atoms with Gasteiger partial charge >= 0.3 is 0 Å². The van der Waals surface area contributed by atoms with Crippen molar-refractivity contribution in [3.05, 3.63) is 280 Å². The molecule has 5 aliphatic carbocycles. The van der Waals surface area contributed by atoms with Crippen LogP contribution >= 0.6 is 0 Å². The topological polar surface area (TPSA) is 55.8 Å². The van der Waals surface area contributed by atoms with E-state index in [-0.39, 0.29) is 16.2 Å². The first kappa shape index (κ1) is 55.0. The Bertz CT molecular complexity index is 6600. The fourth-order valence-corrected chi connectivity index (χ4v) is 19.8. The van der Waals surface area contributed by atoms with Crippen LogP contribution in [0.15, 0.2) is 242 Å². The van der Waals surface area contributed by atoms with Gasteiger partial charge in [0.2, 0.25) is 0 Å². The molecule has 0 spiro atoms. The predicted octanol–water partition coefficient (Wildman–Crippen LogP) is 26.0. The number of rotatable bonds is 4. The van der Waals surface area contributed by atoms with Crippen molar-refractivity contribution in [2.24, 2.45) is 0 Å². The summed E-state index contributed by atoms with van der Waals surface area (Å²) in [4.78, 5) is 2.57. The predicted molar refractivity (Wildman–Crippen MR) is 403 cm³/mol. The summed E-state index contributed by atoms with van der Waals surface area (Å²) in [6.45, 7) is 24.4. The van der Waals surface area contributed by atoms with Crippen LogP contribution in [0.3, 0.4) is 0 Å². The summed E-state index contributed by atoms with van der Waals surface area (Å²) in [6, 6.07) is 84.0. The van der Waals surface area contributed by atoms with Crippen LogP contribution in [0.1, 0.15) is 125 Å². The third kappa shape index (κ3) is 6.59. The number of benzene rings is 13. The molecule has 4 heterocycles. The summed E-state index contributed by atoms with van der Waals surface area (Å²) in [7, 11) is 0. The normalized spacial score (nSPS) is 16.3. The Kier molecular flexibility index (Phi) is 10.1. The van der Waals surface area contributed by atoms with Crippen molar-refractivity contribution in [3.63, 3.8) is 0 Å². The van der Waals surface area contributed by atoms with Crippen molar-refractivity contribution < 1.29 is 17.7 Å². The van der Waals surface area contributed by atoms with E-state index in [1.807, 2.05) is 6.07 Å². The summed E-state index contributed by atoms with van der Waals surface area (Å²) < 4.78 is 27.2. The van der Waals surface area contributed by atoms with Crippen LogP contribution in [0.4, 0.5) is 17.1 Å². The van der Waals surface area contributed by atoms with E-state index in [1.54, 1.807) is 0 Å². The van der Waals surface area contributed by atoms with Crippen LogP contribution in [0.25, 0.3) is 155 Å². The van der Waals surface area contributed by atoms with Gasteiger partial charge in [-0.3, -0.25) is 0 Å². The van der Waals surface area contributed by atoms with Crippen molar-refractivity contribution in [1.29, 1.82) is 0 Å². The quantitative estimate of drug-likeness (QED) is 0.176. The van der Waals surface area contributed by atoms with E-state index in [4.69, 9.17) is 17.7 Å². The van der Waals surface area contributed by atoms with Gasteiger partial charge in [-0.1, -0.05) is 197 Å². The van der Waals surface area contributed by atoms with E-state index in [0.29, 0.717) is 0 Å². The number of furan rings is 4. The first-order valence-electron chi connectivity index (χ1n) is 34.8. The van der Waals surface area contributed by atoms with Gasteiger partial charge < -0.3 is 22.6 Å². The Balaban J connectivity index is 0.756. The zero-order valence-corrected chi connectivity index (χ0v) is 56.4. The molecule has 0 atom stereocenters. The molecule has 0 unspecified atom stereocenters. The highest BCUT2D eigenvalue weighted by Gasteiger charge is 2.50. The van der Waals surface area contributed by atoms with Crippen molar-refractivity contribution in [1.82, 2.24) is 0 Å². The third-order valence-corrected chi connectivity index (χ3v) is 24.6. The number of hydrogen-bond donors (Lipinski definition) is 0. The molecule has 468 valence electrons. The molecule has 0 N–H and O–H groups in total. The van der Waals surface area contributed by atoms with Crippen molar-refractivity contribution in [2.75, 3.05) is 4.90 Å². The van der Waals surface area contributed by atoms with Gasteiger partial charge in [-0.15, -0.1) is 0 Å². The maximum atomic E-state index is 7.14. The van der Waals surface area contributed by atoms with Gasteiger partial charge in [0.1, 0.15) is 44.7 Å². The zero-order valence-electron chi connectivity index (χ0n) is 56.4. The number of hydrogen-bond acceptors (Lipinski definition) is 5. The van der Waals surface area contributed by atoms with Crippen molar-refractivity contribution >= 4 is 105 Å². The minimum atomic E-state index is -0.423. The summed E-state index contributed by atoms with van der Waals surface area (Å²) in [5.74, 6) is 0. The fourth-order valence-electron chi connectivity index (χ4n) is 19.8. The van der Waals surface area contributed by atoms with E-state index in [9.17, 15) is 0 Å². The second kappa shape index (κ2) is 17.9. The Labute approximate surface area is 567 Å². The van der Waals surface area contributed by atoms with E-state index < -0.39 is 10.8 Å². The van der Waals surface area contributed by atoms with Crippen LogP contribution < -0.4 is 4.90 Å². The molecule has 5 nitrogen and oxygen atoms in total. The van der Waals surface area contributed by atoms with E-state index in [1.165, 1.54) is 127 Å². The van der Waals surface area contributed by atoms with Gasteiger partial charge in [0.15, 0.2) is 0 Å². The maximum Gasteiger partial charge on any atom is 0.144 e. The molecule has 5 aliphatic rings. The first-order chi connectivity index (χ1) is 47.4. The highest BCUT2D eigenvalue weighted by Crippen LogP contribution is 2.66. The number of nitrogens with zero attached hydrogens (tertiary/aromatic N) is 1. The van der Waals surface area contributed by atoms with Crippen LogP contribution in [-0.2, 0) is 27.1 Å². The fraction of sp³-hybridized carbons (Fsp3) is 0.161. The highest BCUT2D eigenvalue weighted by molar-refractivity contribution is 6.23. The number of fused-ring (bicyclic) bond motifs is 32. The molecule has 0 radical (unpaired) electrons. The molecular weight excluding hydrogens is 1200 g/mol. The standard InChI is InChI=1S/C93H67NO4/c1-89(2)65-38-40-77-80(57-23-13-18-28-73(57)96-77)79(65)63-47-69-61(46-70(63)89)52-35-32-49(42-66(52)90(69,3)4)94(51-34-37-56-68(44-51)93(9,10)85-81(56)83-59-25-15-20-30-75(59)98-88(83)84-54-22-11-16-26-64(54)92(7,8)86(84)85)50-33-36-55-67(43-50)91(5,6)71-45-60(87-82(78(55)71)58-24-14-19-29-74(58)97-87)48-31-39-76-62(41-48)53-21-12-17-27-72(53)95-76/h11-47H,1-10H3. The average Bonchev–Trinajstić information content (AvgIpc) is 1.51. The van der Waals surface area contributed by atoms with E-state index >= 15 is 0 Å². The van der Waals surface area contributed by atoms with Crippen LogP contribution in [0.5, 0.6) is 0 Å². The van der Waals surface area contributed by atoms with Crippen molar-refractivity contribution in [3.8, 4) is 66.8 Å². The SMILES string of the molecule is CC1(C)c2cc(N(c3ccc4c(c3)C(C)(C)c3cc(-c5ccc6oc7ccccc7c6c5)c5oc6ccccc6c5c3-4)c3ccc4c(c3)C(C)(C)c3c5c(c6oc7ccccc7c6c3-4)-c3ccccc3C5(C)C)ccc2-c2cc3c(cc21)-c1c(ccc2oc4ccccc4c12)C3(C)C. The molecule has 5 heteroatoms. The third-order valence-electron chi connectivity index (χ3n) is 24.6. The number of para-hydroxylation sites is 4. The molecule has 0 bridgehead atoms.